The summed E-state index contributed by atoms with van der Waals surface area (Å²) in [7, 11) is -2.03. The summed E-state index contributed by atoms with van der Waals surface area (Å²) in [4.78, 5) is 25.3. The van der Waals surface area contributed by atoms with Crippen LogP contribution in [-0.2, 0) is 18.7 Å². The molecule has 0 unspecified atom stereocenters. The maximum absolute atomic E-state index is 12.4. The predicted octanol–water partition coefficient (Wildman–Crippen LogP) is 3.49. The molecule has 0 aliphatic carbocycles. The van der Waals surface area contributed by atoms with E-state index in [0.29, 0.717) is 13.0 Å². The van der Waals surface area contributed by atoms with Gasteiger partial charge < -0.3 is 23.9 Å². The van der Waals surface area contributed by atoms with Crippen molar-refractivity contribution in [1.29, 1.82) is 0 Å². The number of carbonyl (C=O) groups excluding carboxylic acids is 1. The smallest absolute Gasteiger partial charge is 0.410 e. The molecule has 1 aliphatic rings. The van der Waals surface area contributed by atoms with Crippen molar-refractivity contribution in [2.24, 2.45) is 0 Å². The van der Waals surface area contributed by atoms with Crippen LogP contribution in [0.1, 0.15) is 48.0 Å². The molecule has 152 valence electrons. The van der Waals surface area contributed by atoms with Crippen molar-refractivity contribution >= 4 is 20.4 Å². The van der Waals surface area contributed by atoms with Gasteiger partial charge in [0.1, 0.15) is 5.60 Å². The Bertz CT molecular complexity index is 509. The first kappa shape index (κ1) is 22.9. The summed E-state index contributed by atoms with van der Waals surface area (Å²) in [6.45, 7) is 16.6. The normalized spacial score (nSPS) is 23.2. The van der Waals surface area contributed by atoms with Crippen LogP contribution in [0.4, 0.5) is 4.79 Å². The number of rotatable bonds is 3. The van der Waals surface area contributed by atoms with Gasteiger partial charge in [-0.15, -0.1) is 0 Å². The van der Waals surface area contributed by atoms with Crippen LogP contribution in [-0.4, -0.2) is 67.9 Å². The molecule has 2 atom stereocenters. The van der Waals surface area contributed by atoms with E-state index in [-0.39, 0.29) is 24.3 Å². The van der Waals surface area contributed by atoms with Crippen LogP contribution >= 0.6 is 0 Å². The second-order valence-corrected chi connectivity index (χ2v) is 14.1. The molecule has 0 radical (unpaired) electrons. The van der Waals surface area contributed by atoms with Crippen molar-refractivity contribution in [3.8, 4) is 0 Å². The SMILES string of the molecule is CC(C)(C)OC(=O)N1CC[C@@H](O[Si](C)(C)C(C)(C)C)CO[C@H](C(=O)O)C1. The van der Waals surface area contributed by atoms with Crippen molar-refractivity contribution in [2.45, 2.75) is 83.9 Å². The summed E-state index contributed by atoms with van der Waals surface area (Å²) in [6.07, 6.45) is -1.28. The average Bonchev–Trinajstić information content (AvgIpc) is 2.38. The summed E-state index contributed by atoms with van der Waals surface area (Å²) < 4.78 is 17.4. The van der Waals surface area contributed by atoms with Gasteiger partial charge in [-0.2, -0.15) is 0 Å². The van der Waals surface area contributed by atoms with Gasteiger partial charge in [0.15, 0.2) is 14.4 Å². The molecular weight excluding hydrogens is 354 g/mol. The Hall–Kier alpha value is -1.12. The molecule has 0 aromatic carbocycles. The van der Waals surface area contributed by atoms with Crippen molar-refractivity contribution in [3.63, 3.8) is 0 Å². The standard InChI is InChI=1S/C18H35NO6Si/c1-17(2,3)24-16(22)19-10-9-13(12-23-14(11-19)15(20)21)25-26(7,8)18(4,5)6/h13-14H,9-12H2,1-8H3,(H,20,21)/t13-,14+/m1/s1. The first-order chi connectivity index (χ1) is 11.6. The molecule has 1 rings (SSSR count). The van der Waals surface area contributed by atoms with Gasteiger partial charge in [0.05, 0.1) is 19.3 Å². The Kier molecular flexibility index (Phi) is 7.29. The third kappa shape index (κ3) is 6.89. The monoisotopic (exact) mass is 389 g/mol. The molecule has 8 heteroatoms. The maximum Gasteiger partial charge on any atom is 0.410 e. The topological polar surface area (TPSA) is 85.3 Å². The Morgan fingerprint density at radius 2 is 1.73 bits per heavy atom. The number of carboxylic acids is 1. The fourth-order valence-corrected chi connectivity index (χ4v) is 3.65. The second-order valence-electron chi connectivity index (χ2n) is 9.38. The van der Waals surface area contributed by atoms with E-state index in [2.05, 4.69) is 33.9 Å². The van der Waals surface area contributed by atoms with Crippen LogP contribution in [0, 0.1) is 0 Å². The number of aliphatic carboxylic acids is 1. The third-order valence-corrected chi connectivity index (χ3v) is 9.32. The van der Waals surface area contributed by atoms with Gasteiger partial charge >= 0.3 is 12.1 Å². The first-order valence-electron chi connectivity index (χ1n) is 9.12. The average molecular weight is 390 g/mol. The molecule has 0 saturated carbocycles. The summed E-state index contributed by atoms with van der Waals surface area (Å²) in [6, 6.07) is 0. The largest absolute Gasteiger partial charge is 0.479 e. The minimum Gasteiger partial charge on any atom is -0.479 e. The lowest BCUT2D eigenvalue weighted by Crippen LogP contribution is -2.51. The van der Waals surface area contributed by atoms with Crippen LogP contribution in [0.5, 0.6) is 0 Å². The quantitative estimate of drug-likeness (QED) is 0.744. The molecule has 0 aromatic heterocycles. The summed E-state index contributed by atoms with van der Waals surface area (Å²) in [5, 5.41) is 9.43. The highest BCUT2D eigenvalue weighted by molar-refractivity contribution is 6.74. The van der Waals surface area contributed by atoms with Gasteiger partial charge in [-0.25, -0.2) is 9.59 Å². The number of amides is 1. The third-order valence-electron chi connectivity index (χ3n) is 4.79. The fourth-order valence-electron chi connectivity index (χ4n) is 2.28. The number of hydrogen-bond donors (Lipinski definition) is 1. The molecule has 1 amide bonds. The highest BCUT2D eigenvalue weighted by atomic mass is 28.4. The lowest BCUT2D eigenvalue weighted by atomic mass is 10.2. The number of carboxylic acid groups (broad SMARTS) is 1. The molecule has 1 heterocycles. The molecule has 0 aromatic rings. The first-order valence-corrected chi connectivity index (χ1v) is 12.0. The molecule has 1 N–H and O–H groups in total. The number of ether oxygens (including phenoxy) is 2. The summed E-state index contributed by atoms with van der Waals surface area (Å²) in [5.74, 6) is -1.09. The van der Waals surface area contributed by atoms with Crippen LogP contribution < -0.4 is 0 Å². The Labute approximate surface area is 158 Å². The van der Waals surface area contributed by atoms with Crippen LogP contribution in [0.25, 0.3) is 0 Å². The van der Waals surface area contributed by atoms with Crippen LogP contribution in [0.2, 0.25) is 18.1 Å². The zero-order valence-electron chi connectivity index (χ0n) is 17.4. The highest BCUT2D eigenvalue weighted by Gasteiger charge is 2.40. The van der Waals surface area contributed by atoms with E-state index in [1.165, 1.54) is 4.90 Å². The zero-order chi connectivity index (χ0) is 20.3. The molecule has 0 bridgehead atoms. The van der Waals surface area contributed by atoms with Gasteiger partial charge in [0.2, 0.25) is 0 Å². The van der Waals surface area contributed by atoms with E-state index in [1.54, 1.807) is 20.8 Å². The maximum atomic E-state index is 12.4. The van der Waals surface area contributed by atoms with Crippen molar-refractivity contribution < 1.29 is 28.6 Å². The van der Waals surface area contributed by atoms with E-state index in [1.807, 2.05) is 0 Å². The number of hydrogen-bond acceptors (Lipinski definition) is 5. The van der Waals surface area contributed by atoms with Crippen LogP contribution in [0.15, 0.2) is 0 Å². The fraction of sp³-hybridized carbons (Fsp3) is 0.889. The van der Waals surface area contributed by atoms with Crippen molar-refractivity contribution in [3.05, 3.63) is 0 Å². The van der Waals surface area contributed by atoms with Crippen molar-refractivity contribution in [2.75, 3.05) is 19.7 Å². The molecule has 26 heavy (non-hydrogen) atoms. The molecule has 1 saturated heterocycles. The minimum atomic E-state index is -2.03. The Balaban J connectivity index is 2.90. The number of nitrogens with zero attached hydrogens (tertiary/aromatic N) is 1. The van der Waals surface area contributed by atoms with Gasteiger partial charge in [0, 0.05) is 6.54 Å². The molecule has 1 aliphatic heterocycles. The Morgan fingerprint density at radius 3 is 2.19 bits per heavy atom. The van der Waals surface area contributed by atoms with E-state index in [9.17, 15) is 14.7 Å². The summed E-state index contributed by atoms with van der Waals surface area (Å²) >= 11 is 0. The molecule has 0 spiro atoms. The molecule has 1 fully saturated rings. The van der Waals surface area contributed by atoms with Gasteiger partial charge in [-0.3, -0.25) is 0 Å². The van der Waals surface area contributed by atoms with E-state index in [0.717, 1.165) is 0 Å². The molecule has 7 nitrogen and oxygen atoms in total. The summed E-state index contributed by atoms with van der Waals surface area (Å²) in [5.41, 5.74) is -0.643. The minimum absolute atomic E-state index is 0.0307. The zero-order valence-corrected chi connectivity index (χ0v) is 18.4. The highest BCUT2D eigenvalue weighted by Crippen LogP contribution is 2.37. The van der Waals surface area contributed by atoms with Crippen LogP contribution in [0.3, 0.4) is 0 Å². The van der Waals surface area contributed by atoms with Gasteiger partial charge in [-0.1, -0.05) is 20.8 Å². The second kappa shape index (κ2) is 8.27. The van der Waals surface area contributed by atoms with E-state index >= 15 is 0 Å². The predicted molar refractivity (Wildman–Crippen MR) is 102 cm³/mol. The molecular formula is C18H35NO6Si. The van der Waals surface area contributed by atoms with E-state index in [4.69, 9.17) is 13.9 Å². The Morgan fingerprint density at radius 1 is 1.15 bits per heavy atom. The lowest BCUT2D eigenvalue weighted by Gasteiger charge is -2.41. The van der Waals surface area contributed by atoms with E-state index < -0.39 is 32.1 Å². The van der Waals surface area contributed by atoms with Gasteiger partial charge in [0.25, 0.3) is 0 Å². The lowest BCUT2D eigenvalue weighted by molar-refractivity contribution is -0.154. The van der Waals surface area contributed by atoms with Crippen molar-refractivity contribution in [1.82, 2.24) is 4.90 Å². The van der Waals surface area contributed by atoms with Gasteiger partial charge in [-0.05, 0) is 45.3 Å². The number of carbonyl (C=O) groups is 2.